The van der Waals surface area contributed by atoms with E-state index in [-0.39, 0.29) is 24.5 Å². The Hall–Kier alpha value is -2.60. The minimum atomic E-state index is -0.685. The molecule has 6 heteroatoms. The zero-order valence-electron chi connectivity index (χ0n) is 15.6. The van der Waals surface area contributed by atoms with Crippen LogP contribution in [0.4, 0.5) is 9.18 Å². The number of hydrogen-bond donors (Lipinski definition) is 2. The smallest absolute Gasteiger partial charge is 0.318 e. The number of aliphatic hydroxyl groups excluding tert-OH is 1. The summed E-state index contributed by atoms with van der Waals surface area (Å²) in [5, 5.41) is 12.6. The molecule has 0 spiro atoms. The molecule has 2 N–H and O–H groups in total. The number of nitrogens with one attached hydrogen (secondary N) is 1. The summed E-state index contributed by atoms with van der Waals surface area (Å²) in [6.45, 7) is 2.46. The first kappa shape index (κ1) is 19.2. The van der Waals surface area contributed by atoms with Gasteiger partial charge >= 0.3 is 6.03 Å². The van der Waals surface area contributed by atoms with Gasteiger partial charge in [-0.05, 0) is 55.2 Å². The fourth-order valence-electron chi connectivity index (χ4n) is 3.69. The number of amides is 2. The van der Waals surface area contributed by atoms with Crippen LogP contribution in [0.15, 0.2) is 48.5 Å². The summed E-state index contributed by atoms with van der Waals surface area (Å²) in [6, 6.07) is 13.5. The molecule has 2 atom stereocenters. The van der Waals surface area contributed by atoms with Crippen molar-refractivity contribution in [2.45, 2.75) is 31.3 Å². The molecule has 0 radical (unpaired) electrons. The summed E-state index contributed by atoms with van der Waals surface area (Å²) >= 11 is 0. The predicted octanol–water partition coefficient (Wildman–Crippen LogP) is 3.59. The first-order chi connectivity index (χ1) is 13.0. The Morgan fingerprint density at radius 3 is 2.44 bits per heavy atom. The lowest BCUT2D eigenvalue weighted by atomic mass is 9.82. The van der Waals surface area contributed by atoms with Gasteiger partial charge in [-0.25, -0.2) is 9.18 Å². The van der Waals surface area contributed by atoms with E-state index in [9.17, 15) is 14.3 Å². The van der Waals surface area contributed by atoms with Crippen LogP contribution in [0, 0.1) is 5.82 Å². The molecule has 1 heterocycles. The lowest BCUT2D eigenvalue weighted by molar-refractivity contribution is 0.110. The molecule has 2 amide bonds. The van der Waals surface area contributed by atoms with Gasteiger partial charge in [-0.15, -0.1) is 0 Å². The highest BCUT2D eigenvalue weighted by Gasteiger charge is 2.40. The van der Waals surface area contributed by atoms with E-state index in [0.29, 0.717) is 19.4 Å². The molecule has 2 aromatic carbocycles. The minimum absolute atomic E-state index is 0.0638. The molecule has 2 aromatic rings. The van der Waals surface area contributed by atoms with Crippen LogP contribution in [0.2, 0.25) is 0 Å². The number of nitrogens with zero attached hydrogens (tertiary/aromatic N) is 1. The normalized spacial score (nSPS) is 20.9. The summed E-state index contributed by atoms with van der Waals surface area (Å²) < 4.78 is 18.5. The Morgan fingerprint density at radius 2 is 1.89 bits per heavy atom. The highest BCUT2D eigenvalue weighted by Crippen LogP contribution is 2.35. The number of carbonyl (C=O) groups excluding carboxylic acids is 1. The Balaban J connectivity index is 1.79. The molecule has 1 aliphatic rings. The fraction of sp³-hybridized carbons (Fsp3) is 0.381. The summed E-state index contributed by atoms with van der Waals surface area (Å²) in [7, 11) is 1.62. The van der Waals surface area contributed by atoms with Gasteiger partial charge in [0.25, 0.3) is 0 Å². The SMILES string of the molecule is COc1ccc(C(C)N2CCC(CCO)(c3ccc(F)cc3)NC2=O)cc1. The quantitative estimate of drug-likeness (QED) is 0.815. The van der Waals surface area contributed by atoms with Crippen LogP contribution < -0.4 is 10.1 Å². The number of hydrogen-bond acceptors (Lipinski definition) is 3. The first-order valence-corrected chi connectivity index (χ1v) is 9.09. The monoisotopic (exact) mass is 372 g/mol. The van der Waals surface area contributed by atoms with E-state index >= 15 is 0 Å². The molecular weight excluding hydrogens is 347 g/mol. The van der Waals surface area contributed by atoms with Crippen LogP contribution in [-0.4, -0.2) is 36.3 Å². The lowest BCUT2D eigenvalue weighted by Crippen LogP contribution is -2.58. The maximum absolute atomic E-state index is 13.3. The Labute approximate surface area is 158 Å². The summed E-state index contributed by atoms with van der Waals surface area (Å²) in [5.41, 5.74) is 1.14. The largest absolute Gasteiger partial charge is 0.497 e. The number of ether oxygens (including phenoxy) is 1. The average Bonchev–Trinajstić information content (AvgIpc) is 2.68. The van der Waals surface area contributed by atoms with Gasteiger partial charge in [0, 0.05) is 13.2 Å². The number of aliphatic hydroxyl groups is 1. The van der Waals surface area contributed by atoms with Crippen molar-refractivity contribution in [2.24, 2.45) is 0 Å². The van der Waals surface area contributed by atoms with Gasteiger partial charge in [0.15, 0.2) is 0 Å². The van der Waals surface area contributed by atoms with Gasteiger partial charge in [-0.3, -0.25) is 0 Å². The predicted molar refractivity (Wildman–Crippen MR) is 101 cm³/mol. The van der Waals surface area contributed by atoms with Crippen LogP contribution >= 0.6 is 0 Å². The van der Waals surface area contributed by atoms with Gasteiger partial charge in [0.2, 0.25) is 0 Å². The zero-order valence-corrected chi connectivity index (χ0v) is 15.6. The maximum Gasteiger partial charge on any atom is 0.318 e. The highest BCUT2D eigenvalue weighted by atomic mass is 19.1. The maximum atomic E-state index is 13.3. The second kappa shape index (κ2) is 7.96. The Bertz CT molecular complexity index is 779. The third-order valence-electron chi connectivity index (χ3n) is 5.39. The van der Waals surface area contributed by atoms with E-state index in [0.717, 1.165) is 16.9 Å². The Morgan fingerprint density at radius 1 is 1.22 bits per heavy atom. The van der Waals surface area contributed by atoms with Crippen LogP contribution in [0.1, 0.15) is 36.9 Å². The van der Waals surface area contributed by atoms with Gasteiger partial charge in [0.05, 0.1) is 18.7 Å². The minimum Gasteiger partial charge on any atom is -0.497 e. The third kappa shape index (κ3) is 3.90. The second-order valence-corrected chi connectivity index (χ2v) is 6.89. The molecule has 0 aromatic heterocycles. The summed E-state index contributed by atoms with van der Waals surface area (Å²) in [4.78, 5) is 14.7. The molecule has 0 bridgehead atoms. The molecule has 1 fully saturated rings. The molecule has 3 rings (SSSR count). The van der Waals surface area contributed by atoms with Crippen LogP contribution in [0.25, 0.3) is 0 Å². The first-order valence-electron chi connectivity index (χ1n) is 9.09. The van der Waals surface area contributed by atoms with Crippen molar-refractivity contribution in [1.29, 1.82) is 0 Å². The molecular formula is C21H25FN2O3. The molecule has 1 saturated heterocycles. The molecule has 2 unspecified atom stereocenters. The van der Waals surface area contributed by atoms with Crippen molar-refractivity contribution in [3.63, 3.8) is 0 Å². The number of rotatable bonds is 6. The van der Waals surface area contributed by atoms with Crippen LogP contribution in [-0.2, 0) is 5.54 Å². The molecule has 5 nitrogen and oxygen atoms in total. The van der Waals surface area contributed by atoms with Crippen LogP contribution in [0.3, 0.4) is 0 Å². The van der Waals surface area contributed by atoms with Crippen molar-refractivity contribution in [1.82, 2.24) is 10.2 Å². The van der Waals surface area contributed by atoms with Gasteiger partial charge in [-0.1, -0.05) is 24.3 Å². The molecule has 1 aliphatic heterocycles. The van der Waals surface area contributed by atoms with E-state index in [1.807, 2.05) is 31.2 Å². The van der Waals surface area contributed by atoms with Crippen LogP contribution in [0.5, 0.6) is 5.75 Å². The van der Waals surface area contributed by atoms with E-state index in [4.69, 9.17) is 4.74 Å². The number of urea groups is 1. The van der Waals surface area contributed by atoms with E-state index in [1.165, 1.54) is 12.1 Å². The zero-order chi connectivity index (χ0) is 19.4. The second-order valence-electron chi connectivity index (χ2n) is 6.89. The van der Waals surface area contributed by atoms with Gasteiger partial charge in [-0.2, -0.15) is 0 Å². The fourth-order valence-corrected chi connectivity index (χ4v) is 3.69. The van der Waals surface area contributed by atoms with Crippen molar-refractivity contribution in [3.8, 4) is 5.75 Å². The molecule has 144 valence electrons. The Kier molecular flexibility index (Phi) is 5.65. The van der Waals surface area contributed by atoms with E-state index in [1.54, 1.807) is 24.1 Å². The average molecular weight is 372 g/mol. The lowest BCUT2D eigenvalue weighted by Gasteiger charge is -2.44. The standard InChI is InChI=1S/C21H25FN2O3/c1-15(16-3-9-19(27-2)10-4-16)24-13-11-21(12-14-25,23-20(24)26)17-5-7-18(22)8-6-17/h3-10,15,25H,11-14H2,1-2H3,(H,23,26). The van der Waals surface area contributed by atoms with Crippen molar-refractivity contribution in [2.75, 3.05) is 20.3 Å². The highest BCUT2D eigenvalue weighted by molar-refractivity contribution is 5.77. The number of benzene rings is 2. The van der Waals surface area contributed by atoms with Crippen molar-refractivity contribution >= 4 is 6.03 Å². The van der Waals surface area contributed by atoms with Gasteiger partial charge in [0.1, 0.15) is 11.6 Å². The van der Waals surface area contributed by atoms with Crippen molar-refractivity contribution < 1.29 is 19.0 Å². The van der Waals surface area contributed by atoms with Crippen molar-refractivity contribution in [3.05, 3.63) is 65.5 Å². The number of halogens is 1. The third-order valence-corrected chi connectivity index (χ3v) is 5.39. The summed E-state index contributed by atoms with van der Waals surface area (Å²) in [6.07, 6.45) is 1.01. The number of methoxy groups -OCH3 is 1. The molecule has 0 saturated carbocycles. The summed E-state index contributed by atoms with van der Waals surface area (Å²) in [5.74, 6) is 0.446. The van der Waals surface area contributed by atoms with E-state index < -0.39 is 5.54 Å². The van der Waals surface area contributed by atoms with E-state index in [2.05, 4.69) is 5.32 Å². The molecule has 27 heavy (non-hydrogen) atoms. The topological polar surface area (TPSA) is 61.8 Å². The van der Waals surface area contributed by atoms with Gasteiger partial charge < -0.3 is 20.1 Å². The molecule has 0 aliphatic carbocycles. The number of carbonyl (C=O) groups is 1.